The Balaban J connectivity index is 2.13. The number of hydrogen-bond donors (Lipinski definition) is 2. The number of fused-ring (bicyclic) bond motifs is 1. The molecule has 0 saturated heterocycles. The summed E-state index contributed by atoms with van der Waals surface area (Å²) in [7, 11) is 0. The zero-order chi connectivity index (χ0) is 10.3. The molecule has 0 fully saturated rings. The standard InChI is InChI=1S/C10H11BrN4/c11-9-8(7-2-4-12-6-7)14-10-13-3-1-5-15(9)10/h2,4,6,12H,1,3,5H2,(H,13,14). The van der Waals surface area contributed by atoms with E-state index in [1.165, 1.54) is 0 Å². The summed E-state index contributed by atoms with van der Waals surface area (Å²) in [5.41, 5.74) is 2.12. The van der Waals surface area contributed by atoms with Crippen LogP contribution in [0.1, 0.15) is 6.42 Å². The SMILES string of the molecule is Brc1c(-c2cc[nH]c2)nc2n1CCCN2. The molecule has 1 aliphatic heterocycles. The summed E-state index contributed by atoms with van der Waals surface area (Å²) < 4.78 is 3.23. The number of imidazole rings is 1. The first-order valence-corrected chi connectivity index (χ1v) is 5.78. The Kier molecular flexibility index (Phi) is 2.05. The Morgan fingerprint density at radius 1 is 1.47 bits per heavy atom. The van der Waals surface area contributed by atoms with Crippen molar-refractivity contribution in [1.29, 1.82) is 0 Å². The number of aromatic amines is 1. The van der Waals surface area contributed by atoms with Gasteiger partial charge < -0.3 is 14.9 Å². The van der Waals surface area contributed by atoms with Crippen molar-refractivity contribution < 1.29 is 0 Å². The molecule has 0 saturated carbocycles. The van der Waals surface area contributed by atoms with Crippen LogP contribution in [0, 0.1) is 0 Å². The van der Waals surface area contributed by atoms with Crippen LogP contribution in [-0.4, -0.2) is 21.1 Å². The van der Waals surface area contributed by atoms with Gasteiger partial charge in [0, 0.05) is 31.0 Å². The molecule has 1 aliphatic rings. The lowest BCUT2D eigenvalue weighted by Gasteiger charge is -2.15. The minimum atomic E-state index is 0.962. The Bertz CT molecular complexity index is 472. The fourth-order valence-electron chi connectivity index (χ4n) is 1.86. The Morgan fingerprint density at radius 2 is 2.40 bits per heavy atom. The van der Waals surface area contributed by atoms with Gasteiger partial charge in [0.1, 0.15) is 10.3 Å². The van der Waals surface area contributed by atoms with E-state index in [4.69, 9.17) is 0 Å². The Morgan fingerprint density at radius 3 is 3.13 bits per heavy atom. The quantitative estimate of drug-likeness (QED) is 0.833. The molecule has 0 radical (unpaired) electrons. The highest BCUT2D eigenvalue weighted by molar-refractivity contribution is 9.10. The molecule has 3 heterocycles. The molecule has 0 aliphatic carbocycles. The highest BCUT2D eigenvalue weighted by atomic mass is 79.9. The average Bonchev–Trinajstić information content (AvgIpc) is 2.87. The average molecular weight is 267 g/mol. The van der Waals surface area contributed by atoms with E-state index in [1.54, 1.807) is 0 Å². The molecular formula is C10H11BrN4. The Labute approximate surface area is 95.8 Å². The van der Waals surface area contributed by atoms with E-state index in [0.29, 0.717) is 0 Å². The van der Waals surface area contributed by atoms with Crippen molar-refractivity contribution in [2.45, 2.75) is 13.0 Å². The normalized spacial score (nSPS) is 14.7. The van der Waals surface area contributed by atoms with Crippen LogP contribution >= 0.6 is 15.9 Å². The number of halogens is 1. The first-order chi connectivity index (χ1) is 7.36. The molecule has 5 heteroatoms. The summed E-state index contributed by atoms with van der Waals surface area (Å²) in [4.78, 5) is 7.62. The molecule has 0 aromatic carbocycles. The fourth-order valence-corrected chi connectivity index (χ4v) is 2.53. The molecular weight excluding hydrogens is 256 g/mol. The molecule has 2 aromatic heterocycles. The van der Waals surface area contributed by atoms with Gasteiger partial charge in [0.05, 0.1) is 0 Å². The van der Waals surface area contributed by atoms with Crippen molar-refractivity contribution in [3.8, 4) is 11.3 Å². The van der Waals surface area contributed by atoms with Crippen LogP contribution in [0.4, 0.5) is 5.95 Å². The number of nitrogens with one attached hydrogen (secondary N) is 2. The third-order valence-electron chi connectivity index (χ3n) is 2.62. The van der Waals surface area contributed by atoms with Gasteiger partial charge in [0.15, 0.2) is 0 Å². The van der Waals surface area contributed by atoms with Crippen LogP contribution in [0.2, 0.25) is 0 Å². The highest BCUT2D eigenvalue weighted by Gasteiger charge is 2.18. The molecule has 2 aromatic rings. The van der Waals surface area contributed by atoms with Gasteiger partial charge in [-0.05, 0) is 28.4 Å². The number of aromatic nitrogens is 3. The van der Waals surface area contributed by atoms with Gasteiger partial charge in [-0.15, -0.1) is 0 Å². The molecule has 0 bridgehead atoms. The number of hydrogen-bond acceptors (Lipinski definition) is 2. The zero-order valence-electron chi connectivity index (χ0n) is 8.13. The van der Waals surface area contributed by atoms with E-state index in [2.05, 4.69) is 35.8 Å². The van der Waals surface area contributed by atoms with E-state index >= 15 is 0 Å². The number of anilines is 1. The van der Waals surface area contributed by atoms with Gasteiger partial charge in [0.25, 0.3) is 0 Å². The second-order valence-corrected chi connectivity index (χ2v) is 4.36. The number of nitrogens with zero attached hydrogens (tertiary/aromatic N) is 2. The third-order valence-corrected chi connectivity index (χ3v) is 3.42. The largest absolute Gasteiger partial charge is 0.367 e. The molecule has 4 nitrogen and oxygen atoms in total. The van der Waals surface area contributed by atoms with E-state index < -0.39 is 0 Å². The molecule has 3 rings (SSSR count). The molecule has 15 heavy (non-hydrogen) atoms. The van der Waals surface area contributed by atoms with Crippen LogP contribution in [-0.2, 0) is 6.54 Å². The maximum Gasteiger partial charge on any atom is 0.204 e. The number of H-pyrrole nitrogens is 1. The summed E-state index contributed by atoms with van der Waals surface area (Å²) in [5, 5.41) is 3.30. The van der Waals surface area contributed by atoms with Crippen LogP contribution in [0.5, 0.6) is 0 Å². The summed E-state index contributed by atoms with van der Waals surface area (Å²) in [6, 6.07) is 2.03. The maximum atomic E-state index is 4.58. The van der Waals surface area contributed by atoms with Gasteiger partial charge in [-0.25, -0.2) is 4.98 Å². The number of rotatable bonds is 1. The fraction of sp³-hybridized carbons (Fsp3) is 0.300. The third kappa shape index (κ3) is 1.38. The lowest BCUT2D eigenvalue weighted by Crippen LogP contribution is -2.17. The van der Waals surface area contributed by atoms with E-state index in [1.807, 2.05) is 18.5 Å². The summed E-state index contributed by atoms with van der Waals surface area (Å²) in [5.74, 6) is 0.962. The van der Waals surface area contributed by atoms with Gasteiger partial charge >= 0.3 is 0 Å². The van der Waals surface area contributed by atoms with Gasteiger partial charge in [-0.3, -0.25) is 0 Å². The first-order valence-electron chi connectivity index (χ1n) is 4.99. The van der Waals surface area contributed by atoms with Crippen LogP contribution in [0.15, 0.2) is 23.1 Å². The van der Waals surface area contributed by atoms with E-state index in [9.17, 15) is 0 Å². The predicted octanol–water partition coefficient (Wildman–Crippen LogP) is 2.46. The van der Waals surface area contributed by atoms with Crippen molar-refractivity contribution in [3.63, 3.8) is 0 Å². The Hall–Kier alpha value is -1.23. The molecule has 0 atom stereocenters. The van der Waals surface area contributed by atoms with Gasteiger partial charge in [-0.2, -0.15) is 0 Å². The second kappa shape index (κ2) is 3.41. The van der Waals surface area contributed by atoms with Gasteiger partial charge in [-0.1, -0.05) is 0 Å². The molecule has 0 amide bonds. The summed E-state index contributed by atoms with van der Waals surface area (Å²) in [6.45, 7) is 2.04. The topological polar surface area (TPSA) is 45.6 Å². The van der Waals surface area contributed by atoms with Crippen molar-refractivity contribution >= 4 is 21.9 Å². The van der Waals surface area contributed by atoms with E-state index in [0.717, 1.165) is 41.3 Å². The summed E-state index contributed by atoms with van der Waals surface area (Å²) in [6.07, 6.45) is 5.02. The van der Waals surface area contributed by atoms with Crippen molar-refractivity contribution in [2.75, 3.05) is 11.9 Å². The van der Waals surface area contributed by atoms with Crippen molar-refractivity contribution in [1.82, 2.24) is 14.5 Å². The zero-order valence-corrected chi connectivity index (χ0v) is 9.71. The predicted molar refractivity (Wildman–Crippen MR) is 62.8 cm³/mol. The smallest absolute Gasteiger partial charge is 0.204 e. The van der Waals surface area contributed by atoms with Crippen molar-refractivity contribution in [3.05, 3.63) is 23.1 Å². The molecule has 78 valence electrons. The lowest BCUT2D eigenvalue weighted by atomic mass is 10.3. The monoisotopic (exact) mass is 266 g/mol. The van der Waals surface area contributed by atoms with Crippen LogP contribution < -0.4 is 5.32 Å². The second-order valence-electron chi connectivity index (χ2n) is 3.61. The van der Waals surface area contributed by atoms with Crippen LogP contribution in [0.3, 0.4) is 0 Å². The van der Waals surface area contributed by atoms with Gasteiger partial charge in [0.2, 0.25) is 5.95 Å². The minimum Gasteiger partial charge on any atom is -0.367 e. The maximum absolute atomic E-state index is 4.58. The molecule has 0 unspecified atom stereocenters. The summed E-state index contributed by atoms with van der Waals surface area (Å²) >= 11 is 3.60. The van der Waals surface area contributed by atoms with E-state index in [-0.39, 0.29) is 0 Å². The highest BCUT2D eigenvalue weighted by Crippen LogP contribution is 2.31. The lowest BCUT2D eigenvalue weighted by molar-refractivity contribution is 0.618. The molecule has 2 N–H and O–H groups in total. The minimum absolute atomic E-state index is 0.962. The first kappa shape index (κ1) is 9.03. The molecule has 0 spiro atoms. The van der Waals surface area contributed by atoms with Crippen LogP contribution in [0.25, 0.3) is 11.3 Å². The van der Waals surface area contributed by atoms with Crippen molar-refractivity contribution in [2.24, 2.45) is 0 Å².